The molecule has 0 saturated carbocycles. The van der Waals surface area contributed by atoms with E-state index in [2.05, 4.69) is 6.58 Å². The number of carbonyl (C=O) groups excluding carboxylic acids is 1. The summed E-state index contributed by atoms with van der Waals surface area (Å²) in [4.78, 5) is 10.9. The van der Waals surface area contributed by atoms with E-state index in [9.17, 15) is 4.79 Å². The lowest BCUT2D eigenvalue weighted by atomic mass is 10.1. The van der Waals surface area contributed by atoms with Gasteiger partial charge in [-0.25, -0.2) is 0 Å². The van der Waals surface area contributed by atoms with E-state index in [1.807, 2.05) is 31.2 Å². The number of hydrogen-bond donors (Lipinski definition) is 0. The molecule has 0 aliphatic heterocycles. The van der Waals surface area contributed by atoms with Crippen molar-refractivity contribution >= 4 is 5.97 Å². The highest BCUT2D eigenvalue weighted by Crippen LogP contribution is 2.01. The Balaban J connectivity index is 3.76. The normalized spacial score (nSPS) is 13.3. The second kappa shape index (κ2) is 8.30. The summed E-state index contributed by atoms with van der Waals surface area (Å²) in [6, 6.07) is 0. The minimum Gasteiger partial charge on any atom is -0.466 e. The van der Waals surface area contributed by atoms with Crippen LogP contribution in [-0.4, -0.2) is 12.6 Å². The Morgan fingerprint density at radius 1 is 1.50 bits per heavy atom. The Labute approximate surface area is 86.0 Å². The molecular formula is C12H18O2. The van der Waals surface area contributed by atoms with E-state index in [1.165, 1.54) is 0 Å². The van der Waals surface area contributed by atoms with Gasteiger partial charge in [0.2, 0.25) is 0 Å². The quantitative estimate of drug-likeness (QED) is 0.369. The number of carbonyl (C=O) groups is 1. The van der Waals surface area contributed by atoms with Crippen molar-refractivity contribution in [2.45, 2.75) is 20.3 Å². The SMILES string of the molecule is C=C/C=C/C(C)/C=C/CC(=O)OCC. The summed E-state index contributed by atoms with van der Waals surface area (Å²) >= 11 is 0. The third-order valence-corrected chi connectivity index (χ3v) is 1.58. The second-order valence-electron chi connectivity index (χ2n) is 2.92. The van der Waals surface area contributed by atoms with Gasteiger partial charge >= 0.3 is 5.97 Å². The molecule has 0 aliphatic carbocycles. The lowest BCUT2D eigenvalue weighted by Crippen LogP contribution is -2.01. The third kappa shape index (κ3) is 7.35. The molecule has 0 fully saturated rings. The molecule has 0 bridgehead atoms. The molecule has 0 radical (unpaired) electrons. The van der Waals surface area contributed by atoms with E-state index in [1.54, 1.807) is 13.0 Å². The van der Waals surface area contributed by atoms with Crippen LogP contribution in [0.25, 0.3) is 0 Å². The highest BCUT2D eigenvalue weighted by Gasteiger charge is 1.96. The number of rotatable bonds is 6. The van der Waals surface area contributed by atoms with Crippen molar-refractivity contribution < 1.29 is 9.53 Å². The Bertz CT molecular complexity index is 226. The van der Waals surface area contributed by atoms with Crippen molar-refractivity contribution in [2.75, 3.05) is 6.61 Å². The zero-order valence-corrected chi connectivity index (χ0v) is 8.90. The molecule has 0 aromatic carbocycles. The molecule has 14 heavy (non-hydrogen) atoms. The first kappa shape index (κ1) is 12.7. The van der Waals surface area contributed by atoms with E-state index in [4.69, 9.17) is 4.74 Å². The number of allylic oxidation sites excluding steroid dienone is 4. The third-order valence-electron chi connectivity index (χ3n) is 1.58. The average Bonchev–Trinajstić information content (AvgIpc) is 2.15. The number of hydrogen-bond acceptors (Lipinski definition) is 2. The predicted molar refractivity (Wildman–Crippen MR) is 58.9 cm³/mol. The smallest absolute Gasteiger partial charge is 0.309 e. The average molecular weight is 194 g/mol. The van der Waals surface area contributed by atoms with Crippen LogP contribution in [0.2, 0.25) is 0 Å². The topological polar surface area (TPSA) is 26.3 Å². The predicted octanol–water partition coefficient (Wildman–Crippen LogP) is 2.87. The van der Waals surface area contributed by atoms with Crippen molar-refractivity contribution in [2.24, 2.45) is 5.92 Å². The first-order valence-electron chi connectivity index (χ1n) is 4.82. The van der Waals surface area contributed by atoms with Gasteiger partial charge in [0, 0.05) is 0 Å². The van der Waals surface area contributed by atoms with Crippen molar-refractivity contribution in [1.29, 1.82) is 0 Å². The van der Waals surface area contributed by atoms with Crippen LogP contribution in [0.15, 0.2) is 37.0 Å². The summed E-state index contributed by atoms with van der Waals surface area (Å²) in [7, 11) is 0. The van der Waals surface area contributed by atoms with E-state index < -0.39 is 0 Å². The van der Waals surface area contributed by atoms with E-state index >= 15 is 0 Å². The molecular weight excluding hydrogens is 176 g/mol. The van der Waals surface area contributed by atoms with E-state index in [-0.39, 0.29) is 5.97 Å². The molecule has 0 rings (SSSR count). The van der Waals surface area contributed by atoms with Crippen LogP contribution in [0.4, 0.5) is 0 Å². The summed E-state index contributed by atoms with van der Waals surface area (Å²) in [5, 5.41) is 0. The first-order valence-corrected chi connectivity index (χ1v) is 4.82. The Kier molecular flexibility index (Phi) is 7.52. The molecule has 0 spiro atoms. The van der Waals surface area contributed by atoms with Crippen LogP contribution in [-0.2, 0) is 9.53 Å². The minimum absolute atomic E-state index is 0.177. The Morgan fingerprint density at radius 3 is 2.79 bits per heavy atom. The van der Waals surface area contributed by atoms with Crippen molar-refractivity contribution in [3.63, 3.8) is 0 Å². The van der Waals surface area contributed by atoms with Crippen LogP contribution < -0.4 is 0 Å². The van der Waals surface area contributed by atoms with Gasteiger partial charge in [0.15, 0.2) is 0 Å². The fraction of sp³-hybridized carbons (Fsp3) is 0.417. The maximum absolute atomic E-state index is 10.9. The van der Waals surface area contributed by atoms with Gasteiger partial charge in [-0.1, -0.05) is 43.9 Å². The Morgan fingerprint density at radius 2 is 2.21 bits per heavy atom. The van der Waals surface area contributed by atoms with E-state index in [0.717, 1.165) is 0 Å². The van der Waals surface area contributed by atoms with Gasteiger partial charge in [-0.05, 0) is 12.8 Å². The minimum atomic E-state index is -0.177. The van der Waals surface area contributed by atoms with Crippen LogP contribution in [0, 0.1) is 5.92 Å². The summed E-state index contributed by atoms with van der Waals surface area (Å²) < 4.78 is 4.78. The molecule has 78 valence electrons. The lowest BCUT2D eigenvalue weighted by molar-refractivity contribution is -0.142. The van der Waals surface area contributed by atoms with Gasteiger partial charge in [0.1, 0.15) is 0 Å². The van der Waals surface area contributed by atoms with Crippen LogP contribution in [0.1, 0.15) is 20.3 Å². The highest BCUT2D eigenvalue weighted by atomic mass is 16.5. The first-order chi connectivity index (χ1) is 6.70. The fourth-order valence-electron chi connectivity index (χ4n) is 0.917. The highest BCUT2D eigenvalue weighted by molar-refractivity contribution is 5.71. The van der Waals surface area contributed by atoms with Gasteiger partial charge in [-0.15, -0.1) is 0 Å². The molecule has 0 aromatic rings. The maximum atomic E-state index is 10.9. The number of esters is 1. The van der Waals surface area contributed by atoms with Crippen molar-refractivity contribution in [3.05, 3.63) is 37.0 Å². The summed E-state index contributed by atoms with van der Waals surface area (Å²) in [5.41, 5.74) is 0. The lowest BCUT2D eigenvalue weighted by Gasteiger charge is -1.98. The fourth-order valence-corrected chi connectivity index (χ4v) is 0.917. The van der Waals surface area contributed by atoms with Gasteiger partial charge in [0.05, 0.1) is 13.0 Å². The van der Waals surface area contributed by atoms with Crippen LogP contribution >= 0.6 is 0 Å². The second-order valence-corrected chi connectivity index (χ2v) is 2.92. The van der Waals surface area contributed by atoms with Gasteiger partial charge in [0.25, 0.3) is 0 Å². The van der Waals surface area contributed by atoms with Crippen molar-refractivity contribution in [3.8, 4) is 0 Å². The van der Waals surface area contributed by atoms with Gasteiger partial charge < -0.3 is 4.74 Å². The molecule has 0 aromatic heterocycles. The molecule has 0 aliphatic rings. The largest absolute Gasteiger partial charge is 0.466 e. The summed E-state index contributed by atoms with van der Waals surface area (Å²) in [6.45, 7) is 7.87. The van der Waals surface area contributed by atoms with Crippen LogP contribution in [0.3, 0.4) is 0 Å². The Hall–Kier alpha value is -1.31. The molecule has 1 unspecified atom stereocenters. The van der Waals surface area contributed by atoms with Crippen LogP contribution in [0.5, 0.6) is 0 Å². The molecule has 2 heteroatoms. The molecule has 0 heterocycles. The summed E-state index contributed by atoms with van der Waals surface area (Å²) in [6.07, 6.45) is 9.77. The van der Waals surface area contributed by atoms with Crippen molar-refractivity contribution in [1.82, 2.24) is 0 Å². The monoisotopic (exact) mass is 194 g/mol. The number of ether oxygens (including phenoxy) is 1. The molecule has 0 amide bonds. The van der Waals surface area contributed by atoms with Gasteiger partial charge in [-0.3, -0.25) is 4.79 Å². The zero-order valence-electron chi connectivity index (χ0n) is 8.90. The van der Waals surface area contributed by atoms with E-state index in [0.29, 0.717) is 18.9 Å². The molecule has 0 N–H and O–H groups in total. The van der Waals surface area contributed by atoms with Gasteiger partial charge in [-0.2, -0.15) is 0 Å². The molecule has 1 atom stereocenters. The maximum Gasteiger partial charge on any atom is 0.309 e. The zero-order chi connectivity index (χ0) is 10.8. The standard InChI is InChI=1S/C12H18O2/c1-4-6-8-11(3)9-7-10-12(13)14-5-2/h4,6-9,11H,1,5,10H2,2-3H3/b8-6+,9-7+. The summed E-state index contributed by atoms with van der Waals surface area (Å²) in [5.74, 6) is 0.145. The molecule has 2 nitrogen and oxygen atoms in total. The molecule has 0 saturated heterocycles.